The molecule has 3 heterocycles. The van der Waals surface area contributed by atoms with E-state index in [0.29, 0.717) is 11.0 Å². The SMILES string of the molecule is COc1ccc2c(c1)C(C)(C)C(c1cnc3c(c1)c(=O)[nH]c(=O)n3C)=N2. The van der Waals surface area contributed by atoms with E-state index in [1.807, 2.05) is 18.2 Å². The third-order valence-corrected chi connectivity index (χ3v) is 4.93. The number of pyridine rings is 1. The molecule has 1 N–H and O–H groups in total. The third kappa shape index (κ3) is 2.20. The Hall–Kier alpha value is -3.22. The number of hydrogen-bond acceptors (Lipinski definition) is 5. The van der Waals surface area contributed by atoms with Crippen LogP contribution >= 0.6 is 0 Å². The molecule has 1 aromatic carbocycles. The first-order chi connectivity index (χ1) is 12.3. The highest BCUT2D eigenvalue weighted by atomic mass is 16.5. The van der Waals surface area contributed by atoms with Crippen LogP contribution in [0.4, 0.5) is 5.69 Å². The predicted octanol–water partition coefficient (Wildman–Crippen LogP) is 2.04. The van der Waals surface area contributed by atoms with Crippen molar-refractivity contribution in [3.05, 3.63) is 62.4 Å². The summed E-state index contributed by atoms with van der Waals surface area (Å²) in [6.45, 7) is 4.15. The average Bonchev–Trinajstić information content (AvgIpc) is 2.90. The number of benzene rings is 1. The maximum atomic E-state index is 12.2. The van der Waals surface area contributed by atoms with Crippen molar-refractivity contribution >= 4 is 22.4 Å². The molecule has 0 atom stereocenters. The van der Waals surface area contributed by atoms with Gasteiger partial charge in [-0.1, -0.05) is 13.8 Å². The zero-order valence-corrected chi connectivity index (χ0v) is 15.0. The normalized spacial score (nSPS) is 15.0. The summed E-state index contributed by atoms with van der Waals surface area (Å²) >= 11 is 0. The second-order valence-corrected chi connectivity index (χ2v) is 6.88. The van der Waals surface area contributed by atoms with Gasteiger partial charge in [-0.3, -0.25) is 19.3 Å². The van der Waals surface area contributed by atoms with Crippen molar-refractivity contribution in [1.29, 1.82) is 0 Å². The smallest absolute Gasteiger partial charge is 0.329 e. The predicted molar refractivity (Wildman–Crippen MR) is 99.8 cm³/mol. The van der Waals surface area contributed by atoms with Gasteiger partial charge in [0.2, 0.25) is 0 Å². The van der Waals surface area contributed by atoms with Crippen molar-refractivity contribution in [2.75, 3.05) is 7.11 Å². The summed E-state index contributed by atoms with van der Waals surface area (Å²) in [7, 11) is 3.21. The Morgan fingerprint density at radius 2 is 1.96 bits per heavy atom. The van der Waals surface area contributed by atoms with E-state index in [1.165, 1.54) is 4.57 Å². The number of hydrogen-bond donors (Lipinski definition) is 1. The Bertz CT molecular complexity index is 1200. The quantitative estimate of drug-likeness (QED) is 0.766. The molecule has 0 saturated carbocycles. The molecule has 3 aromatic rings. The van der Waals surface area contributed by atoms with Crippen LogP contribution in [0.2, 0.25) is 0 Å². The van der Waals surface area contributed by atoms with Gasteiger partial charge in [0.05, 0.1) is 23.9 Å². The van der Waals surface area contributed by atoms with Crippen LogP contribution in [0.15, 0.2) is 45.0 Å². The molecule has 7 heteroatoms. The van der Waals surface area contributed by atoms with Crippen LogP contribution in [0.1, 0.15) is 25.0 Å². The van der Waals surface area contributed by atoms with E-state index in [2.05, 4.69) is 23.8 Å². The van der Waals surface area contributed by atoms with Gasteiger partial charge in [-0.05, 0) is 29.8 Å². The molecule has 7 nitrogen and oxygen atoms in total. The molecule has 0 aliphatic carbocycles. The number of ether oxygens (including phenoxy) is 1. The standard InChI is InChI=1S/C19H18N4O3/c1-19(2)13-8-11(26-4)5-6-14(13)21-15(19)10-7-12-16(20-9-10)23(3)18(25)22-17(12)24/h5-9H,1-4H3,(H,22,24,25). The number of nitrogens with zero attached hydrogens (tertiary/aromatic N) is 3. The highest BCUT2D eigenvalue weighted by Crippen LogP contribution is 2.43. The van der Waals surface area contributed by atoms with Crippen LogP contribution in [-0.4, -0.2) is 27.4 Å². The van der Waals surface area contributed by atoms with E-state index in [9.17, 15) is 9.59 Å². The highest BCUT2D eigenvalue weighted by Gasteiger charge is 2.36. The number of aromatic amines is 1. The minimum atomic E-state index is -0.485. The van der Waals surface area contributed by atoms with Crippen molar-refractivity contribution in [1.82, 2.24) is 14.5 Å². The lowest BCUT2D eigenvalue weighted by Gasteiger charge is -2.22. The van der Waals surface area contributed by atoms with E-state index in [4.69, 9.17) is 9.73 Å². The third-order valence-electron chi connectivity index (χ3n) is 4.93. The molecule has 0 spiro atoms. The molecule has 0 radical (unpaired) electrons. The van der Waals surface area contributed by atoms with E-state index in [1.54, 1.807) is 26.4 Å². The van der Waals surface area contributed by atoms with Crippen LogP contribution < -0.4 is 16.0 Å². The van der Waals surface area contributed by atoms with Gasteiger partial charge in [-0.2, -0.15) is 0 Å². The Morgan fingerprint density at radius 3 is 2.69 bits per heavy atom. The number of methoxy groups -OCH3 is 1. The van der Waals surface area contributed by atoms with Gasteiger partial charge in [0.25, 0.3) is 5.56 Å². The first-order valence-corrected chi connectivity index (χ1v) is 8.20. The van der Waals surface area contributed by atoms with Gasteiger partial charge < -0.3 is 4.74 Å². The summed E-state index contributed by atoms with van der Waals surface area (Å²) < 4.78 is 6.65. The second kappa shape index (κ2) is 5.39. The van der Waals surface area contributed by atoms with Gasteiger partial charge in [0.15, 0.2) is 0 Å². The largest absolute Gasteiger partial charge is 0.497 e. The molecular formula is C19H18N4O3. The van der Waals surface area contributed by atoms with Crippen LogP contribution in [0.5, 0.6) is 5.75 Å². The monoisotopic (exact) mass is 350 g/mol. The number of fused-ring (bicyclic) bond motifs is 2. The van der Waals surface area contributed by atoms with E-state index in [0.717, 1.165) is 28.3 Å². The molecule has 1 aliphatic heterocycles. The lowest BCUT2D eigenvalue weighted by atomic mass is 9.79. The van der Waals surface area contributed by atoms with Gasteiger partial charge in [0, 0.05) is 24.2 Å². The van der Waals surface area contributed by atoms with Crippen molar-refractivity contribution in [2.45, 2.75) is 19.3 Å². The van der Waals surface area contributed by atoms with E-state index in [-0.39, 0.29) is 5.41 Å². The zero-order chi connectivity index (χ0) is 18.6. The van der Waals surface area contributed by atoms with Crippen LogP contribution in [-0.2, 0) is 12.5 Å². The number of rotatable bonds is 2. The number of aryl methyl sites for hydroxylation is 1. The topological polar surface area (TPSA) is 89.3 Å². The fourth-order valence-corrected chi connectivity index (χ4v) is 3.42. The van der Waals surface area contributed by atoms with Crippen molar-refractivity contribution in [3.63, 3.8) is 0 Å². The van der Waals surface area contributed by atoms with Gasteiger partial charge in [-0.15, -0.1) is 0 Å². The molecule has 0 fully saturated rings. The summed E-state index contributed by atoms with van der Waals surface area (Å²) in [5, 5.41) is 0.358. The Kier molecular flexibility index (Phi) is 3.37. The maximum absolute atomic E-state index is 12.2. The number of H-pyrrole nitrogens is 1. The van der Waals surface area contributed by atoms with Crippen molar-refractivity contribution in [2.24, 2.45) is 12.0 Å². The molecule has 26 heavy (non-hydrogen) atoms. The molecule has 0 bridgehead atoms. The first kappa shape index (κ1) is 16.3. The van der Waals surface area contributed by atoms with Crippen molar-refractivity contribution < 1.29 is 4.74 Å². The maximum Gasteiger partial charge on any atom is 0.329 e. The molecule has 0 saturated heterocycles. The summed E-state index contributed by atoms with van der Waals surface area (Å²) in [5.74, 6) is 0.774. The zero-order valence-electron chi connectivity index (χ0n) is 15.0. The molecule has 4 rings (SSSR count). The molecule has 2 aromatic heterocycles. The van der Waals surface area contributed by atoms with Gasteiger partial charge in [0.1, 0.15) is 11.4 Å². The minimum absolute atomic E-state index is 0.345. The average molecular weight is 350 g/mol. The fourth-order valence-electron chi connectivity index (χ4n) is 3.42. The van der Waals surface area contributed by atoms with Gasteiger partial charge in [-0.25, -0.2) is 9.78 Å². The van der Waals surface area contributed by atoms with Crippen LogP contribution in [0.25, 0.3) is 11.0 Å². The number of aromatic nitrogens is 3. The lowest BCUT2D eigenvalue weighted by molar-refractivity contribution is 0.414. The molecule has 0 unspecified atom stereocenters. The number of aliphatic imine (C=N–C) groups is 1. The highest BCUT2D eigenvalue weighted by molar-refractivity contribution is 6.13. The van der Waals surface area contributed by atoms with Gasteiger partial charge >= 0.3 is 5.69 Å². The second-order valence-electron chi connectivity index (χ2n) is 6.88. The van der Waals surface area contributed by atoms with E-state index < -0.39 is 11.2 Å². The summed E-state index contributed by atoms with van der Waals surface area (Å²) in [6, 6.07) is 7.52. The van der Waals surface area contributed by atoms with E-state index >= 15 is 0 Å². The number of nitrogens with one attached hydrogen (secondary N) is 1. The molecule has 132 valence electrons. The fraction of sp³-hybridized carbons (Fsp3) is 0.263. The molecule has 1 aliphatic rings. The summed E-state index contributed by atoms with van der Waals surface area (Å²) in [5.41, 5.74) is 2.55. The first-order valence-electron chi connectivity index (χ1n) is 8.20. The van der Waals surface area contributed by atoms with Crippen LogP contribution in [0.3, 0.4) is 0 Å². The molecular weight excluding hydrogens is 332 g/mol. The Balaban J connectivity index is 1.91. The Labute approximate surface area is 149 Å². The summed E-state index contributed by atoms with van der Waals surface area (Å²) in [4.78, 5) is 35.4. The lowest BCUT2D eigenvalue weighted by Crippen LogP contribution is -2.30. The Morgan fingerprint density at radius 1 is 1.19 bits per heavy atom. The van der Waals surface area contributed by atoms with Crippen molar-refractivity contribution in [3.8, 4) is 5.75 Å². The summed E-state index contributed by atoms with van der Waals surface area (Å²) in [6.07, 6.45) is 1.66. The molecule has 0 amide bonds. The van der Waals surface area contributed by atoms with Crippen LogP contribution in [0, 0.1) is 0 Å². The minimum Gasteiger partial charge on any atom is -0.497 e.